The highest BCUT2D eigenvalue weighted by Crippen LogP contribution is 2.32. The molecule has 2 aromatic rings. The summed E-state index contributed by atoms with van der Waals surface area (Å²) in [7, 11) is 0. The number of anilines is 1. The Morgan fingerprint density at radius 1 is 1.27 bits per heavy atom. The monoisotopic (exact) mass is 319 g/mol. The maximum atomic E-state index is 12.0. The molecule has 6 nitrogen and oxygen atoms in total. The molecule has 0 radical (unpaired) electrons. The Kier molecular flexibility index (Phi) is 4.53. The molecule has 1 aromatic carbocycles. The number of fused-ring (bicyclic) bond motifs is 1. The minimum Gasteiger partial charge on any atom is -0.454 e. The smallest absolute Gasteiger partial charge is 0.231 e. The average Bonchev–Trinajstić information content (AvgIpc) is 3.14. The predicted molar refractivity (Wildman–Crippen MR) is 83.4 cm³/mol. The van der Waals surface area contributed by atoms with E-state index in [1.165, 1.54) is 11.3 Å². The lowest BCUT2D eigenvalue weighted by molar-refractivity contribution is -0.116. The standard InChI is InChI=1S/C15H17N3O3S/c1-2-3-14-17-18-15(22-14)16-13(19)7-5-10-4-6-11-12(8-10)21-9-20-11/h4,6,8H,2-3,5,7,9H2,1H3,(H,16,18,19). The number of amides is 1. The second-order valence-corrected chi connectivity index (χ2v) is 6.05. The van der Waals surface area contributed by atoms with Crippen molar-refractivity contribution < 1.29 is 14.3 Å². The summed E-state index contributed by atoms with van der Waals surface area (Å²) in [5.41, 5.74) is 1.04. The third-order valence-corrected chi connectivity index (χ3v) is 4.15. The summed E-state index contributed by atoms with van der Waals surface area (Å²) >= 11 is 1.43. The van der Waals surface area contributed by atoms with E-state index < -0.39 is 0 Å². The van der Waals surface area contributed by atoms with Gasteiger partial charge in [-0.1, -0.05) is 24.3 Å². The largest absolute Gasteiger partial charge is 0.454 e. The summed E-state index contributed by atoms with van der Waals surface area (Å²) in [6, 6.07) is 5.74. The van der Waals surface area contributed by atoms with Crippen molar-refractivity contribution in [3.63, 3.8) is 0 Å². The molecule has 0 saturated heterocycles. The molecule has 1 aliphatic heterocycles. The third kappa shape index (κ3) is 3.54. The lowest BCUT2D eigenvalue weighted by atomic mass is 10.1. The van der Waals surface area contributed by atoms with Crippen LogP contribution in [0, 0.1) is 0 Å². The number of aromatic nitrogens is 2. The summed E-state index contributed by atoms with van der Waals surface area (Å²) < 4.78 is 10.6. The maximum absolute atomic E-state index is 12.0. The molecule has 2 heterocycles. The molecule has 0 atom stereocenters. The van der Waals surface area contributed by atoms with Crippen LogP contribution in [0.3, 0.4) is 0 Å². The van der Waals surface area contributed by atoms with E-state index in [-0.39, 0.29) is 12.7 Å². The van der Waals surface area contributed by atoms with Gasteiger partial charge in [0.15, 0.2) is 11.5 Å². The lowest BCUT2D eigenvalue weighted by Crippen LogP contribution is -2.12. The van der Waals surface area contributed by atoms with Gasteiger partial charge in [-0.05, 0) is 30.5 Å². The van der Waals surface area contributed by atoms with Crippen molar-refractivity contribution in [3.8, 4) is 11.5 Å². The van der Waals surface area contributed by atoms with Gasteiger partial charge in [0.05, 0.1) is 0 Å². The van der Waals surface area contributed by atoms with Crippen molar-refractivity contribution in [3.05, 3.63) is 28.8 Å². The van der Waals surface area contributed by atoms with Gasteiger partial charge in [-0.3, -0.25) is 4.79 Å². The van der Waals surface area contributed by atoms with Gasteiger partial charge in [-0.15, -0.1) is 10.2 Å². The molecule has 0 unspecified atom stereocenters. The van der Waals surface area contributed by atoms with E-state index in [4.69, 9.17) is 9.47 Å². The number of ether oxygens (including phenoxy) is 2. The van der Waals surface area contributed by atoms with E-state index in [1.807, 2.05) is 18.2 Å². The Labute approximate surface area is 132 Å². The van der Waals surface area contributed by atoms with Crippen LogP contribution in [0.15, 0.2) is 18.2 Å². The number of aryl methyl sites for hydroxylation is 2. The summed E-state index contributed by atoms with van der Waals surface area (Å²) in [5.74, 6) is 1.44. The molecule has 1 amide bonds. The van der Waals surface area contributed by atoms with Crippen LogP contribution in [0.2, 0.25) is 0 Å². The zero-order valence-corrected chi connectivity index (χ0v) is 13.1. The van der Waals surface area contributed by atoms with Crippen LogP contribution in [0.25, 0.3) is 0 Å². The topological polar surface area (TPSA) is 73.3 Å². The van der Waals surface area contributed by atoms with Crippen LogP contribution in [0.5, 0.6) is 11.5 Å². The van der Waals surface area contributed by atoms with Crippen LogP contribution in [0.1, 0.15) is 30.3 Å². The highest BCUT2D eigenvalue weighted by atomic mass is 32.1. The number of nitrogens with zero attached hydrogens (tertiary/aromatic N) is 2. The van der Waals surface area contributed by atoms with Gasteiger partial charge in [-0.2, -0.15) is 0 Å². The zero-order valence-electron chi connectivity index (χ0n) is 12.3. The number of rotatable bonds is 6. The normalized spacial score (nSPS) is 12.4. The molecule has 0 aliphatic carbocycles. The lowest BCUT2D eigenvalue weighted by Gasteiger charge is -2.03. The first-order valence-electron chi connectivity index (χ1n) is 7.25. The van der Waals surface area contributed by atoms with E-state index in [1.54, 1.807) is 0 Å². The first kappa shape index (κ1) is 14.8. The summed E-state index contributed by atoms with van der Waals surface area (Å²) in [6.07, 6.45) is 2.95. The van der Waals surface area contributed by atoms with Gasteiger partial charge in [0.1, 0.15) is 5.01 Å². The molecule has 0 bridgehead atoms. The SMILES string of the molecule is CCCc1nnc(NC(=O)CCc2ccc3c(c2)OCO3)s1. The second kappa shape index (κ2) is 6.74. The number of carbonyl (C=O) groups is 1. The first-order chi connectivity index (χ1) is 10.7. The highest BCUT2D eigenvalue weighted by molar-refractivity contribution is 7.15. The Morgan fingerprint density at radius 2 is 2.14 bits per heavy atom. The van der Waals surface area contributed by atoms with Gasteiger partial charge < -0.3 is 14.8 Å². The van der Waals surface area contributed by atoms with Crippen LogP contribution < -0.4 is 14.8 Å². The van der Waals surface area contributed by atoms with Crippen LogP contribution >= 0.6 is 11.3 Å². The van der Waals surface area contributed by atoms with Crippen molar-refractivity contribution in [1.82, 2.24) is 10.2 Å². The molecular weight excluding hydrogens is 302 g/mol. The zero-order chi connectivity index (χ0) is 15.4. The van der Waals surface area contributed by atoms with Crippen LogP contribution in [-0.4, -0.2) is 22.9 Å². The number of nitrogens with one attached hydrogen (secondary N) is 1. The molecule has 116 valence electrons. The summed E-state index contributed by atoms with van der Waals surface area (Å²) in [4.78, 5) is 12.0. The molecule has 0 fully saturated rings. The van der Waals surface area contributed by atoms with Crippen molar-refractivity contribution in [2.75, 3.05) is 12.1 Å². The van der Waals surface area contributed by atoms with Crippen LogP contribution in [-0.2, 0) is 17.6 Å². The van der Waals surface area contributed by atoms with Crippen molar-refractivity contribution in [2.24, 2.45) is 0 Å². The number of carbonyl (C=O) groups excluding carboxylic acids is 1. The Balaban J connectivity index is 1.51. The average molecular weight is 319 g/mol. The molecule has 7 heteroatoms. The van der Waals surface area contributed by atoms with Gasteiger partial charge in [-0.25, -0.2) is 0 Å². The van der Waals surface area contributed by atoms with E-state index >= 15 is 0 Å². The molecular formula is C15H17N3O3S. The molecule has 1 aromatic heterocycles. The van der Waals surface area contributed by atoms with Crippen molar-refractivity contribution in [1.29, 1.82) is 0 Å². The molecule has 0 saturated carbocycles. The molecule has 1 N–H and O–H groups in total. The Bertz CT molecular complexity index is 672. The Morgan fingerprint density at radius 3 is 3.00 bits per heavy atom. The molecule has 3 rings (SSSR count). The summed E-state index contributed by atoms with van der Waals surface area (Å²) in [6.45, 7) is 2.35. The fourth-order valence-corrected chi connectivity index (χ4v) is 3.01. The number of hydrogen-bond acceptors (Lipinski definition) is 6. The number of benzene rings is 1. The van der Waals surface area contributed by atoms with Crippen LogP contribution in [0.4, 0.5) is 5.13 Å². The quantitative estimate of drug-likeness (QED) is 0.886. The van der Waals surface area contributed by atoms with Crippen molar-refractivity contribution >= 4 is 22.4 Å². The predicted octanol–water partition coefficient (Wildman–Crippen LogP) is 2.79. The van der Waals surface area contributed by atoms with Gasteiger partial charge in [0, 0.05) is 12.8 Å². The van der Waals surface area contributed by atoms with Gasteiger partial charge in [0.2, 0.25) is 17.8 Å². The van der Waals surface area contributed by atoms with E-state index in [0.29, 0.717) is 18.0 Å². The summed E-state index contributed by atoms with van der Waals surface area (Å²) in [5, 5.41) is 12.3. The van der Waals surface area contributed by atoms with Gasteiger partial charge in [0.25, 0.3) is 0 Å². The first-order valence-corrected chi connectivity index (χ1v) is 8.07. The molecule has 0 spiro atoms. The molecule has 22 heavy (non-hydrogen) atoms. The maximum Gasteiger partial charge on any atom is 0.231 e. The van der Waals surface area contributed by atoms with E-state index in [9.17, 15) is 4.79 Å². The minimum absolute atomic E-state index is 0.0585. The second-order valence-electron chi connectivity index (χ2n) is 4.99. The van der Waals surface area contributed by atoms with E-state index in [0.717, 1.165) is 34.9 Å². The fourth-order valence-electron chi connectivity index (χ4n) is 2.16. The van der Waals surface area contributed by atoms with Crippen molar-refractivity contribution in [2.45, 2.75) is 32.6 Å². The fraction of sp³-hybridized carbons (Fsp3) is 0.400. The van der Waals surface area contributed by atoms with Gasteiger partial charge >= 0.3 is 0 Å². The Hall–Kier alpha value is -2.15. The third-order valence-electron chi connectivity index (χ3n) is 3.25. The minimum atomic E-state index is -0.0585. The van der Waals surface area contributed by atoms with E-state index in [2.05, 4.69) is 22.4 Å². The number of hydrogen-bond donors (Lipinski definition) is 1. The highest BCUT2D eigenvalue weighted by Gasteiger charge is 2.14. The molecule has 1 aliphatic rings.